The third-order valence-electron chi connectivity index (χ3n) is 3.58. The van der Waals surface area contributed by atoms with Crippen molar-refractivity contribution >= 4 is 30.7 Å². The van der Waals surface area contributed by atoms with Gasteiger partial charge in [-0.3, -0.25) is 0 Å². The van der Waals surface area contributed by atoms with Gasteiger partial charge in [0.2, 0.25) is 0 Å². The molecule has 19 heavy (non-hydrogen) atoms. The summed E-state index contributed by atoms with van der Waals surface area (Å²) >= 11 is 6.96. The van der Waals surface area contributed by atoms with E-state index < -0.39 is 0 Å². The zero-order valence-electron chi connectivity index (χ0n) is 12.1. The van der Waals surface area contributed by atoms with Crippen LogP contribution in [0.2, 0.25) is 0 Å². The Morgan fingerprint density at radius 1 is 1.16 bits per heavy atom. The van der Waals surface area contributed by atoms with Gasteiger partial charge in [-0.05, 0) is 24.3 Å². The molecule has 0 aliphatic heterocycles. The van der Waals surface area contributed by atoms with Crippen molar-refractivity contribution < 1.29 is 4.52 Å². The summed E-state index contributed by atoms with van der Waals surface area (Å²) in [7, 11) is 0.161. The van der Waals surface area contributed by atoms with E-state index in [0.717, 1.165) is 12.8 Å². The predicted octanol–water partition coefficient (Wildman–Crippen LogP) is 6.18. The molecule has 1 atom stereocenters. The molecule has 1 aromatic heterocycles. The monoisotopic (exact) mass is 317 g/mol. The fraction of sp³-hybridized carbons (Fsp3) is 0.733. The minimum atomic E-state index is -0.0985. The smallest absolute Gasteiger partial charge is 0.158 e. The molecule has 1 unspecified atom stereocenters. The Labute approximate surface area is 128 Å². The van der Waals surface area contributed by atoms with E-state index in [1.54, 1.807) is 0 Å². The van der Waals surface area contributed by atoms with Crippen molar-refractivity contribution in [3.05, 3.63) is 22.4 Å². The van der Waals surface area contributed by atoms with E-state index in [2.05, 4.69) is 31.4 Å². The molecule has 0 aliphatic rings. The molecule has 1 aromatic rings. The Hall–Kier alpha value is 0.180. The molecule has 4 heteroatoms. The van der Waals surface area contributed by atoms with Crippen LogP contribution in [-0.4, -0.2) is 0 Å². The van der Waals surface area contributed by atoms with Gasteiger partial charge in [0, 0.05) is 4.88 Å². The summed E-state index contributed by atoms with van der Waals surface area (Å²) in [5.74, 6) is 0. The number of unbranched alkanes of at least 4 members (excludes halogenated alkanes) is 4. The molecule has 0 bridgehead atoms. The minimum Gasteiger partial charge on any atom is -0.158 e. The highest BCUT2D eigenvalue weighted by Gasteiger charge is 2.36. The van der Waals surface area contributed by atoms with Crippen molar-refractivity contribution in [3.8, 4) is 0 Å². The van der Waals surface area contributed by atoms with Crippen LogP contribution in [0.4, 0.5) is 0 Å². The van der Waals surface area contributed by atoms with E-state index in [1.165, 1.54) is 43.4 Å². The maximum Gasteiger partial charge on any atom is 0.323 e. The van der Waals surface area contributed by atoms with Gasteiger partial charge in [0.05, 0.1) is 0 Å². The fourth-order valence-corrected chi connectivity index (χ4v) is 4.41. The summed E-state index contributed by atoms with van der Waals surface area (Å²) in [5, 5.41) is 2.15. The first kappa shape index (κ1) is 17.2. The van der Waals surface area contributed by atoms with Crippen molar-refractivity contribution in [1.82, 2.24) is 0 Å². The molecule has 1 nitrogen and oxygen atoms in total. The average Bonchev–Trinajstić information content (AvgIpc) is 2.93. The molecular formula is C15H26OPS2+. The van der Waals surface area contributed by atoms with Crippen LogP contribution in [0.3, 0.4) is 0 Å². The van der Waals surface area contributed by atoms with Crippen LogP contribution in [0, 0.1) is 0 Å². The molecule has 0 aromatic carbocycles. The van der Waals surface area contributed by atoms with Crippen LogP contribution in [0.15, 0.2) is 17.5 Å². The number of rotatable bonds is 11. The highest BCUT2D eigenvalue weighted by Crippen LogP contribution is 2.41. The van der Waals surface area contributed by atoms with Gasteiger partial charge in [-0.25, -0.2) is 0 Å². The number of thiophene rings is 1. The molecule has 0 N–H and O–H groups in total. The average molecular weight is 317 g/mol. The lowest BCUT2D eigenvalue weighted by molar-refractivity contribution is 0.0670. The summed E-state index contributed by atoms with van der Waals surface area (Å²) in [5.41, 5.74) is -0.0985. The highest BCUT2D eigenvalue weighted by molar-refractivity contribution is 7.94. The molecule has 0 aliphatic carbocycles. The third-order valence-corrected chi connectivity index (χ3v) is 5.35. The number of hydrogen-bond donors (Lipinski definition) is 0. The van der Waals surface area contributed by atoms with Crippen LogP contribution in [0.1, 0.15) is 70.1 Å². The zero-order chi connectivity index (χ0) is 14.0. The number of hydrogen-bond acceptors (Lipinski definition) is 3. The quantitative estimate of drug-likeness (QED) is 0.356. The van der Waals surface area contributed by atoms with E-state index in [4.69, 9.17) is 16.3 Å². The Bertz CT molecular complexity index is 328. The van der Waals surface area contributed by atoms with Crippen LogP contribution in [0.25, 0.3) is 0 Å². The van der Waals surface area contributed by atoms with Gasteiger partial charge < -0.3 is 0 Å². The Kier molecular flexibility index (Phi) is 9.06. The first-order valence-corrected chi connectivity index (χ1v) is 10.3. The van der Waals surface area contributed by atoms with E-state index in [9.17, 15) is 0 Å². The van der Waals surface area contributed by atoms with Crippen LogP contribution < -0.4 is 0 Å². The molecule has 0 saturated heterocycles. The lowest BCUT2D eigenvalue weighted by Crippen LogP contribution is -2.25. The third kappa shape index (κ3) is 5.59. The standard InChI is InChI=1S/C15H25OPS2/c1-3-5-7-11-15(16-17-18,12-8-6-4-2)14-10-9-13-19-14/h9-10,13H,3-8,11-12H2,1-2H3/p+1. The van der Waals surface area contributed by atoms with Gasteiger partial charge in [-0.2, -0.15) is 4.52 Å². The van der Waals surface area contributed by atoms with Crippen molar-refractivity contribution in [2.24, 2.45) is 0 Å². The van der Waals surface area contributed by atoms with Crippen LogP contribution in [-0.2, 0) is 21.9 Å². The maximum atomic E-state index is 6.12. The van der Waals surface area contributed by atoms with Crippen LogP contribution >= 0.6 is 18.9 Å². The van der Waals surface area contributed by atoms with Gasteiger partial charge >= 0.3 is 7.58 Å². The maximum absolute atomic E-state index is 6.12. The summed E-state index contributed by atoms with van der Waals surface area (Å²) in [6.07, 6.45) is 9.79. The lowest BCUT2D eigenvalue weighted by atomic mass is 9.89. The van der Waals surface area contributed by atoms with Crippen LogP contribution in [0.5, 0.6) is 0 Å². The predicted molar refractivity (Wildman–Crippen MR) is 91.0 cm³/mol. The summed E-state index contributed by atoms with van der Waals surface area (Å²) < 4.78 is 6.12. The summed E-state index contributed by atoms with van der Waals surface area (Å²) in [6, 6.07) is 4.35. The SMILES string of the molecule is CCCCCC(CCCCC)(O[PH+]=S)c1cccs1. The molecule has 0 spiro atoms. The molecule has 0 amide bonds. The second-order valence-electron chi connectivity index (χ2n) is 5.07. The minimum absolute atomic E-state index is 0.0985. The van der Waals surface area contributed by atoms with E-state index >= 15 is 0 Å². The normalized spacial score (nSPS) is 12.1. The summed E-state index contributed by atoms with van der Waals surface area (Å²) in [6.45, 7) is 4.50. The molecule has 0 radical (unpaired) electrons. The van der Waals surface area contributed by atoms with Gasteiger partial charge in [-0.1, -0.05) is 58.4 Å². The van der Waals surface area contributed by atoms with Crippen molar-refractivity contribution in [3.63, 3.8) is 0 Å². The zero-order valence-corrected chi connectivity index (χ0v) is 14.7. The van der Waals surface area contributed by atoms with E-state index in [0.29, 0.717) is 0 Å². The Morgan fingerprint density at radius 2 is 1.79 bits per heavy atom. The van der Waals surface area contributed by atoms with Crippen molar-refractivity contribution in [1.29, 1.82) is 0 Å². The van der Waals surface area contributed by atoms with E-state index in [-0.39, 0.29) is 13.2 Å². The molecular weight excluding hydrogens is 291 g/mol. The molecule has 1 rings (SSSR count). The Morgan fingerprint density at radius 3 is 2.21 bits per heavy atom. The topological polar surface area (TPSA) is 9.23 Å². The van der Waals surface area contributed by atoms with E-state index in [1.807, 2.05) is 11.3 Å². The first-order valence-electron chi connectivity index (χ1n) is 7.38. The molecule has 108 valence electrons. The van der Waals surface area contributed by atoms with Gasteiger partial charge in [0.25, 0.3) is 0 Å². The van der Waals surface area contributed by atoms with Gasteiger partial charge in [-0.15, -0.1) is 11.3 Å². The first-order chi connectivity index (χ1) is 9.29. The second-order valence-corrected chi connectivity index (χ2v) is 6.89. The molecule has 1 heterocycles. The largest absolute Gasteiger partial charge is 0.323 e. The second kappa shape index (κ2) is 9.99. The molecule has 0 fully saturated rings. The van der Waals surface area contributed by atoms with Gasteiger partial charge in [0.15, 0.2) is 17.4 Å². The lowest BCUT2D eigenvalue weighted by Gasteiger charge is -2.27. The molecule has 0 saturated carbocycles. The Balaban J connectivity index is 2.79. The van der Waals surface area contributed by atoms with Crippen molar-refractivity contribution in [2.45, 2.75) is 70.8 Å². The van der Waals surface area contributed by atoms with Crippen molar-refractivity contribution in [2.75, 3.05) is 0 Å². The highest BCUT2D eigenvalue weighted by atomic mass is 32.4. The fourth-order valence-electron chi connectivity index (χ4n) is 2.46. The van der Waals surface area contributed by atoms with Gasteiger partial charge in [0.1, 0.15) is 0 Å². The summed E-state index contributed by atoms with van der Waals surface area (Å²) in [4.78, 5) is 1.37.